The Morgan fingerprint density at radius 1 is 1.44 bits per heavy atom. The molecule has 4 nitrogen and oxygen atoms in total. The Bertz CT molecular complexity index is 305. The number of ether oxygens (including phenoxy) is 1. The second-order valence-electron chi connectivity index (χ2n) is 3.71. The molecule has 0 N–H and O–H groups in total. The van der Waals surface area contributed by atoms with Crippen LogP contribution in [0, 0.1) is 0 Å². The topological polar surface area (TPSA) is 38.2 Å². The molecule has 0 aliphatic carbocycles. The number of methoxy groups -OCH3 is 1. The van der Waals surface area contributed by atoms with Gasteiger partial charge in [0.15, 0.2) is 5.15 Å². The van der Waals surface area contributed by atoms with Crippen LogP contribution in [0.2, 0.25) is 5.15 Å². The molecule has 1 atom stereocenters. The maximum atomic E-state index is 5.69. The van der Waals surface area contributed by atoms with Crippen molar-refractivity contribution in [1.29, 1.82) is 0 Å². The average Bonchev–Trinajstić information content (AvgIpc) is 2.28. The Morgan fingerprint density at radius 2 is 2.19 bits per heavy atom. The third-order valence-electron chi connectivity index (χ3n) is 2.49. The molecule has 90 valence electrons. The number of hydrogen-bond acceptors (Lipinski definition) is 4. The molecule has 0 saturated carbocycles. The molecule has 1 aromatic rings. The molecule has 0 aromatic carbocycles. The van der Waals surface area contributed by atoms with Crippen molar-refractivity contribution in [2.24, 2.45) is 0 Å². The fraction of sp³-hybridized carbons (Fsp3) is 0.636. The van der Waals surface area contributed by atoms with E-state index in [0.717, 1.165) is 25.4 Å². The van der Waals surface area contributed by atoms with E-state index in [4.69, 9.17) is 16.3 Å². The summed E-state index contributed by atoms with van der Waals surface area (Å²) in [7, 11) is 1.71. The first-order valence-corrected chi connectivity index (χ1v) is 5.76. The van der Waals surface area contributed by atoms with Crippen LogP contribution in [-0.2, 0) is 11.3 Å². The summed E-state index contributed by atoms with van der Waals surface area (Å²) in [6, 6.07) is 4.03. The molecule has 0 amide bonds. The lowest BCUT2D eigenvalue weighted by molar-refractivity contribution is 0.0972. The zero-order chi connectivity index (χ0) is 12.0. The van der Waals surface area contributed by atoms with Gasteiger partial charge in [-0.3, -0.25) is 4.90 Å². The van der Waals surface area contributed by atoms with Gasteiger partial charge in [0.1, 0.15) is 0 Å². The number of aromatic nitrogens is 2. The number of hydrogen-bond donors (Lipinski definition) is 0. The van der Waals surface area contributed by atoms with Gasteiger partial charge in [0.2, 0.25) is 0 Å². The van der Waals surface area contributed by atoms with Crippen LogP contribution in [0.25, 0.3) is 0 Å². The SMILES string of the molecule is CCN(Cc1ccc(Cl)nn1)C(C)COC. The van der Waals surface area contributed by atoms with E-state index in [-0.39, 0.29) is 0 Å². The molecule has 0 radical (unpaired) electrons. The molecule has 1 aromatic heterocycles. The molecule has 1 unspecified atom stereocenters. The minimum absolute atomic E-state index is 0.368. The molecule has 16 heavy (non-hydrogen) atoms. The van der Waals surface area contributed by atoms with Crippen molar-refractivity contribution in [3.05, 3.63) is 23.0 Å². The average molecular weight is 244 g/mol. The summed E-state index contributed by atoms with van der Waals surface area (Å²) < 4.78 is 5.14. The van der Waals surface area contributed by atoms with Crippen molar-refractivity contribution in [2.75, 3.05) is 20.3 Å². The van der Waals surface area contributed by atoms with Gasteiger partial charge in [0.25, 0.3) is 0 Å². The summed E-state index contributed by atoms with van der Waals surface area (Å²) in [6.45, 7) is 6.70. The third kappa shape index (κ3) is 4.04. The summed E-state index contributed by atoms with van der Waals surface area (Å²) in [5.41, 5.74) is 0.925. The molecule has 1 heterocycles. The van der Waals surface area contributed by atoms with Crippen LogP contribution >= 0.6 is 11.6 Å². The first-order valence-electron chi connectivity index (χ1n) is 5.38. The maximum absolute atomic E-state index is 5.69. The molecule has 0 aliphatic heterocycles. The summed E-state index contributed by atoms with van der Waals surface area (Å²) in [5.74, 6) is 0. The molecule has 0 aliphatic rings. The van der Waals surface area contributed by atoms with Crippen LogP contribution in [0.15, 0.2) is 12.1 Å². The second kappa shape index (κ2) is 6.78. The first-order chi connectivity index (χ1) is 7.67. The smallest absolute Gasteiger partial charge is 0.151 e. The number of halogens is 1. The van der Waals surface area contributed by atoms with Crippen LogP contribution in [0.3, 0.4) is 0 Å². The highest BCUT2D eigenvalue weighted by atomic mass is 35.5. The largest absolute Gasteiger partial charge is 0.383 e. The lowest BCUT2D eigenvalue weighted by atomic mass is 10.2. The van der Waals surface area contributed by atoms with Gasteiger partial charge < -0.3 is 4.74 Å². The Hall–Kier alpha value is -0.710. The van der Waals surface area contributed by atoms with Gasteiger partial charge >= 0.3 is 0 Å². The van der Waals surface area contributed by atoms with Crippen molar-refractivity contribution in [2.45, 2.75) is 26.4 Å². The summed E-state index contributed by atoms with van der Waals surface area (Å²) in [5, 5.41) is 8.30. The molecule has 0 fully saturated rings. The van der Waals surface area contributed by atoms with Gasteiger partial charge in [-0.05, 0) is 25.6 Å². The van der Waals surface area contributed by atoms with Crippen LogP contribution in [0.1, 0.15) is 19.5 Å². The molecule has 1 rings (SSSR count). The molecular formula is C11H18ClN3O. The minimum Gasteiger partial charge on any atom is -0.383 e. The van der Waals surface area contributed by atoms with Crippen molar-refractivity contribution >= 4 is 11.6 Å². The Labute approximate surface area is 102 Å². The van der Waals surface area contributed by atoms with Gasteiger partial charge in [-0.1, -0.05) is 18.5 Å². The molecule has 5 heteroatoms. The predicted molar refractivity (Wildman–Crippen MR) is 64.5 cm³/mol. The van der Waals surface area contributed by atoms with E-state index < -0.39 is 0 Å². The Morgan fingerprint density at radius 3 is 2.69 bits per heavy atom. The van der Waals surface area contributed by atoms with E-state index in [0.29, 0.717) is 11.2 Å². The minimum atomic E-state index is 0.368. The van der Waals surface area contributed by atoms with Gasteiger partial charge in [0.05, 0.1) is 12.3 Å². The Kier molecular flexibility index (Phi) is 5.66. The molecular weight excluding hydrogens is 226 g/mol. The standard InChI is InChI=1S/C11H18ClN3O/c1-4-15(9(2)8-16-3)7-10-5-6-11(12)14-13-10/h5-6,9H,4,7-8H2,1-3H3. The number of nitrogens with zero attached hydrogens (tertiary/aromatic N) is 3. The van der Waals surface area contributed by atoms with Crippen LogP contribution in [-0.4, -0.2) is 41.4 Å². The third-order valence-corrected chi connectivity index (χ3v) is 2.69. The molecule has 0 saturated heterocycles. The summed E-state index contributed by atoms with van der Waals surface area (Å²) >= 11 is 5.69. The quantitative estimate of drug-likeness (QED) is 0.766. The van der Waals surface area contributed by atoms with Gasteiger partial charge in [-0.25, -0.2) is 0 Å². The van der Waals surface area contributed by atoms with Crippen molar-refractivity contribution < 1.29 is 4.74 Å². The van der Waals surface area contributed by atoms with E-state index in [1.165, 1.54) is 0 Å². The fourth-order valence-corrected chi connectivity index (χ4v) is 1.66. The normalized spacial score (nSPS) is 13.1. The van der Waals surface area contributed by atoms with Crippen molar-refractivity contribution in [3.8, 4) is 0 Å². The first kappa shape index (κ1) is 13.4. The zero-order valence-electron chi connectivity index (χ0n) is 9.98. The van der Waals surface area contributed by atoms with E-state index >= 15 is 0 Å². The van der Waals surface area contributed by atoms with E-state index in [9.17, 15) is 0 Å². The van der Waals surface area contributed by atoms with E-state index in [1.54, 1.807) is 13.2 Å². The summed E-state index contributed by atoms with van der Waals surface area (Å²) in [6.07, 6.45) is 0. The highest BCUT2D eigenvalue weighted by Gasteiger charge is 2.12. The van der Waals surface area contributed by atoms with Crippen LogP contribution < -0.4 is 0 Å². The zero-order valence-corrected chi connectivity index (χ0v) is 10.7. The van der Waals surface area contributed by atoms with Crippen LogP contribution in [0.4, 0.5) is 0 Å². The van der Waals surface area contributed by atoms with E-state index in [1.807, 2.05) is 6.07 Å². The monoisotopic (exact) mass is 243 g/mol. The van der Waals surface area contributed by atoms with Crippen molar-refractivity contribution in [3.63, 3.8) is 0 Å². The Balaban J connectivity index is 2.59. The molecule has 0 bridgehead atoms. The van der Waals surface area contributed by atoms with Gasteiger partial charge in [-0.2, -0.15) is 5.10 Å². The van der Waals surface area contributed by atoms with E-state index in [2.05, 4.69) is 28.9 Å². The highest BCUT2D eigenvalue weighted by molar-refractivity contribution is 6.29. The predicted octanol–water partition coefficient (Wildman–Crippen LogP) is 1.99. The maximum Gasteiger partial charge on any atom is 0.151 e. The lowest BCUT2D eigenvalue weighted by Gasteiger charge is -2.26. The number of likely N-dealkylation sites (N-methyl/N-ethyl adjacent to an activating group) is 1. The lowest BCUT2D eigenvalue weighted by Crippen LogP contribution is -2.35. The van der Waals surface area contributed by atoms with Crippen LogP contribution in [0.5, 0.6) is 0 Å². The van der Waals surface area contributed by atoms with Gasteiger partial charge in [0, 0.05) is 19.7 Å². The second-order valence-corrected chi connectivity index (χ2v) is 4.10. The van der Waals surface area contributed by atoms with Crippen molar-refractivity contribution in [1.82, 2.24) is 15.1 Å². The molecule has 0 spiro atoms. The highest BCUT2D eigenvalue weighted by Crippen LogP contribution is 2.08. The van der Waals surface area contributed by atoms with Gasteiger partial charge in [-0.15, -0.1) is 5.10 Å². The summed E-state index contributed by atoms with van der Waals surface area (Å²) in [4.78, 5) is 2.28. The number of rotatable bonds is 6. The fourth-order valence-electron chi connectivity index (χ4n) is 1.56.